The summed E-state index contributed by atoms with van der Waals surface area (Å²) in [4.78, 5) is 41.2. The van der Waals surface area contributed by atoms with Gasteiger partial charge in [0.25, 0.3) is 0 Å². The SMILES string of the molecule is O=C(OCCN1C(=O)[C@@H]2C3c4ccccc4C(c4ccccc43)[C@H]2C1=O)c1c(Cl)c(Cl)c(Cl)c(Cl)c1Cl. The van der Waals surface area contributed by atoms with Crippen LogP contribution in [-0.4, -0.2) is 35.8 Å². The zero-order chi connectivity index (χ0) is 26.2. The molecule has 1 aliphatic heterocycles. The molecule has 1 heterocycles. The Morgan fingerprint density at radius 3 is 1.46 bits per heavy atom. The van der Waals surface area contributed by atoms with Crippen LogP contribution in [-0.2, 0) is 14.3 Å². The lowest BCUT2D eigenvalue weighted by molar-refractivity contribution is -0.140. The van der Waals surface area contributed by atoms with Crippen LogP contribution in [0.25, 0.3) is 0 Å². The van der Waals surface area contributed by atoms with Crippen LogP contribution in [0.3, 0.4) is 0 Å². The van der Waals surface area contributed by atoms with Gasteiger partial charge in [0.1, 0.15) is 6.61 Å². The van der Waals surface area contributed by atoms with Crippen molar-refractivity contribution in [3.05, 3.63) is 101 Å². The van der Waals surface area contributed by atoms with Gasteiger partial charge in [0.05, 0.1) is 49.1 Å². The zero-order valence-corrected chi connectivity index (χ0v) is 22.6. The summed E-state index contributed by atoms with van der Waals surface area (Å²) in [7, 11) is 0. The Hall–Kier alpha value is -2.28. The number of imide groups is 1. The normalized spacial score (nSPS) is 23.1. The number of likely N-dealkylation sites (tertiary alicyclic amines) is 1. The molecule has 37 heavy (non-hydrogen) atoms. The van der Waals surface area contributed by atoms with E-state index < -0.39 is 17.8 Å². The van der Waals surface area contributed by atoms with Crippen molar-refractivity contribution in [2.24, 2.45) is 11.8 Å². The molecule has 7 rings (SSSR count). The predicted octanol–water partition coefficient (Wildman–Crippen LogP) is 7.00. The van der Waals surface area contributed by atoms with E-state index in [0.29, 0.717) is 0 Å². The number of ether oxygens (including phenoxy) is 1. The lowest BCUT2D eigenvalue weighted by Crippen LogP contribution is -2.41. The first kappa shape index (κ1) is 25.0. The number of carbonyl (C=O) groups is 3. The van der Waals surface area contributed by atoms with Gasteiger partial charge in [-0.3, -0.25) is 14.5 Å². The second-order valence-corrected chi connectivity index (χ2v) is 11.1. The fraction of sp³-hybridized carbons (Fsp3) is 0.222. The molecule has 0 N–H and O–H groups in total. The third kappa shape index (κ3) is 3.55. The van der Waals surface area contributed by atoms with Crippen LogP contribution in [0, 0.1) is 11.8 Å². The van der Waals surface area contributed by atoms with Crippen molar-refractivity contribution in [1.82, 2.24) is 4.90 Å². The van der Waals surface area contributed by atoms with Crippen LogP contribution < -0.4 is 0 Å². The number of amides is 2. The van der Waals surface area contributed by atoms with Crippen LogP contribution in [0.5, 0.6) is 0 Å². The van der Waals surface area contributed by atoms with Gasteiger partial charge < -0.3 is 4.74 Å². The van der Waals surface area contributed by atoms with E-state index in [4.69, 9.17) is 62.7 Å². The first-order chi connectivity index (χ1) is 17.7. The Morgan fingerprint density at radius 2 is 1.05 bits per heavy atom. The summed E-state index contributed by atoms with van der Waals surface area (Å²) in [5.41, 5.74) is 4.11. The van der Waals surface area contributed by atoms with E-state index in [2.05, 4.69) is 0 Å². The monoisotopic (exact) mass is 593 g/mol. The molecule has 10 heteroatoms. The molecule has 3 aromatic rings. The molecular formula is C27H16Cl5NO4. The minimum atomic E-state index is -0.896. The number of carbonyl (C=O) groups excluding carboxylic acids is 3. The van der Waals surface area contributed by atoms with Crippen LogP contribution in [0.4, 0.5) is 0 Å². The maximum Gasteiger partial charge on any atom is 0.341 e. The molecule has 2 atom stereocenters. The van der Waals surface area contributed by atoms with Gasteiger partial charge in [-0.05, 0) is 22.3 Å². The average Bonchev–Trinajstić information content (AvgIpc) is 3.16. The van der Waals surface area contributed by atoms with Crippen molar-refractivity contribution in [3.63, 3.8) is 0 Å². The summed E-state index contributed by atoms with van der Waals surface area (Å²) in [6.45, 7) is -0.359. The van der Waals surface area contributed by atoms with Crippen molar-refractivity contribution in [2.75, 3.05) is 13.2 Å². The van der Waals surface area contributed by atoms with E-state index in [-0.39, 0.29) is 67.5 Å². The van der Waals surface area contributed by atoms with Gasteiger partial charge >= 0.3 is 5.97 Å². The highest BCUT2D eigenvalue weighted by molar-refractivity contribution is 6.56. The molecule has 4 aliphatic rings. The van der Waals surface area contributed by atoms with Crippen molar-refractivity contribution in [3.8, 4) is 0 Å². The molecule has 0 aromatic heterocycles. The summed E-state index contributed by atoms with van der Waals surface area (Å²) in [5.74, 6) is -2.85. The van der Waals surface area contributed by atoms with Crippen LogP contribution in [0.1, 0.15) is 44.4 Å². The van der Waals surface area contributed by atoms with E-state index in [0.717, 1.165) is 22.3 Å². The first-order valence-corrected chi connectivity index (χ1v) is 13.3. The van der Waals surface area contributed by atoms with E-state index in [1.54, 1.807) is 0 Å². The van der Waals surface area contributed by atoms with Gasteiger partial charge in [-0.1, -0.05) is 107 Å². The molecule has 0 radical (unpaired) electrons. The molecule has 0 unspecified atom stereocenters. The Labute approximate surface area is 237 Å². The van der Waals surface area contributed by atoms with Crippen molar-refractivity contribution in [1.29, 1.82) is 0 Å². The predicted molar refractivity (Wildman–Crippen MR) is 142 cm³/mol. The Kier molecular flexibility index (Phi) is 6.21. The first-order valence-electron chi connectivity index (χ1n) is 11.5. The summed E-state index contributed by atoms with van der Waals surface area (Å²) in [6.07, 6.45) is 0. The molecule has 2 amide bonds. The molecule has 188 valence electrons. The number of rotatable bonds is 4. The zero-order valence-electron chi connectivity index (χ0n) is 18.8. The fourth-order valence-corrected chi connectivity index (χ4v) is 7.34. The summed E-state index contributed by atoms with van der Waals surface area (Å²) in [5, 5.41) is -0.737. The van der Waals surface area contributed by atoms with Gasteiger partial charge in [0.15, 0.2) is 0 Å². The summed E-state index contributed by atoms with van der Waals surface area (Å²) in [6, 6.07) is 16.0. The smallest absolute Gasteiger partial charge is 0.341 e. The van der Waals surface area contributed by atoms with Crippen LogP contribution in [0.15, 0.2) is 48.5 Å². The Morgan fingerprint density at radius 1 is 0.676 bits per heavy atom. The van der Waals surface area contributed by atoms with Gasteiger partial charge in [-0.2, -0.15) is 0 Å². The Balaban J connectivity index is 1.25. The van der Waals surface area contributed by atoms with Crippen molar-refractivity contribution in [2.45, 2.75) is 11.8 Å². The molecule has 0 spiro atoms. The molecule has 1 fully saturated rings. The standard InChI is InChI=1S/C27H16Cl5NO4/c28-20-19(21(29)23(31)24(32)22(20)30)27(36)37-10-9-33-25(34)17-15-11-5-1-2-6-12(11)16(18(17)26(33)35)14-8-4-3-7-13(14)15/h1-8,15-18H,9-10H2/t15?,16?,17-,18-/m1/s1. The fourth-order valence-electron chi connectivity index (χ4n) is 6.05. The third-order valence-corrected chi connectivity index (χ3v) is 9.78. The molecule has 1 saturated heterocycles. The summed E-state index contributed by atoms with van der Waals surface area (Å²) >= 11 is 30.4. The molecule has 3 aromatic carbocycles. The molecule has 0 saturated carbocycles. The van der Waals surface area contributed by atoms with E-state index in [1.165, 1.54) is 4.90 Å². The molecule has 5 nitrogen and oxygen atoms in total. The van der Waals surface area contributed by atoms with Crippen LogP contribution >= 0.6 is 58.0 Å². The number of benzene rings is 3. The second-order valence-electron chi connectivity index (χ2n) is 9.17. The minimum Gasteiger partial charge on any atom is -0.460 e. The van der Waals surface area contributed by atoms with E-state index in [9.17, 15) is 14.4 Å². The average molecular weight is 596 g/mol. The number of esters is 1. The van der Waals surface area contributed by atoms with E-state index >= 15 is 0 Å². The number of hydrogen-bond acceptors (Lipinski definition) is 4. The van der Waals surface area contributed by atoms with Gasteiger partial charge in [0.2, 0.25) is 11.8 Å². The lowest BCUT2D eigenvalue weighted by atomic mass is 9.55. The van der Waals surface area contributed by atoms with Gasteiger partial charge in [0, 0.05) is 11.8 Å². The van der Waals surface area contributed by atoms with Crippen LogP contribution in [0.2, 0.25) is 25.1 Å². The molecular weight excluding hydrogens is 580 g/mol. The van der Waals surface area contributed by atoms with Gasteiger partial charge in [-0.15, -0.1) is 0 Å². The highest BCUT2D eigenvalue weighted by Gasteiger charge is 2.61. The molecule has 3 aliphatic carbocycles. The number of halogens is 5. The molecule has 2 bridgehead atoms. The van der Waals surface area contributed by atoms with E-state index in [1.807, 2.05) is 48.5 Å². The third-order valence-electron chi connectivity index (χ3n) is 7.50. The largest absolute Gasteiger partial charge is 0.460 e. The highest BCUT2D eigenvalue weighted by atomic mass is 35.5. The summed E-state index contributed by atoms with van der Waals surface area (Å²) < 4.78 is 5.33. The number of hydrogen-bond donors (Lipinski definition) is 0. The van der Waals surface area contributed by atoms with Crippen molar-refractivity contribution >= 4 is 75.8 Å². The number of nitrogens with zero attached hydrogens (tertiary/aromatic N) is 1. The lowest BCUT2D eigenvalue weighted by Gasteiger charge is -2.45. The minimum absolute atomic E-state index is 0.0811. The quantitative estimate of drug-likeness (QED) is 0.141. The topological polar surface area (TPSA) is 63.7 Å². The maximum absolute atomic E-state index is 13.6. The van der Waals surface area contributed by atoms with Gasteiger partial charge in [-0.25, -0.2) is 4.79 Å². The second kappa shape index (κ2) is 9.18. The Bertz CT molecular complexity index is 1380. The maximum atomic E-state index is 13.6. The highest BCUT2D eigenvalue weighted by Crippen LogP contribution is 2.60. The van der Waals surface area contributed by atoms with Crippen molar-refractivity contribution < 1.29 is 19.1 Å².